The molecule has 3 nitrogen and oxygen atoms in total. The second-order valence-electron chi connectivity index (χ2n) is 6.62. The van der Waals surface area contributed by atoms with Crippen LogP contribution in [0.25, 0.3) is 22.2 Å². The van der Waals surface area contributed by atoms with E-state index >= 15 is 0 Å². The van der Waals surface area contributed by atoms with Crippen molar-refractivity contribution < 1.29 is 5.11 Å². The van der Waals surface area contributed by atoms with Gasteiger partial charge in [0.25, 0.3) is 0 Å². The number of pyridine rings is 1. The van der Waals surface area contributed by atoms with Gasteiger partial charge in [0, 0.05) is 22.0 Å². The van der Waals surface area contributed by atoms with Crippen LogP contribution < -0.4 is 5.32 Å². The molecule has 4 rings (SSSR count). The Kier molecular flexibility index (Phi) is 6.15. The lowest BCUT2D eigenvalue weighted by molar-refractivity contribution is 0.115. The molecule has 2 N–H and O–H groups in total. The number of aliphatic hydroxyl groups is 1. The maximum Gasteiger partial charge on any atom is 0.0950 e. The van der Waals surface area contributed by atoms with E-state index in [1.165, 1.54) is 6.42 Å². The van der Waals surface area contributed by atoms with Crippen LogP contribution in [0.15, 0.2) is 54.6 Å². The highest BCUT2D eigenvalue weighted by Crippen LogP contribution is 2.32. The van der Waals surface area contributed by atoms with Crippen LogP contribution >= 0.6 is 24.0 Å². The Bertz CT molecular complexity index is 877. The minimum absolute atomic E-state index is 0. The van der Waals surface area contributed by atoms with Gasteiger partial charge in [0.05, 0.1) is 17.3 Å². The number of piperidine rings is 1. The minimum Gasteiger partial charge on any atom is -0.387 e. The molecular formula is C21H22Cl2N2O. The topological polar surface area (TPSA) is 45.2 Å². The summed E-state index contributed by atoms with van der Waals surface area (Å²) < 4.78 is 0. The van der Waals surface area contributed by atoms with E-state index in [4.69, 9.17) is 16.6 Å². The zero-order chi connectivity index (χ0) is 17.2. The van der Waals surface area contributed by atoms with Crippen LogP contribution in [-0.2, 0) is 0 Å². The molecule has 3 aromatic rings. The lowest BCUT2D eigenvalue weighted by atomic mass is 9.92. The number of fused-ring (bicyclic) bond motifs is 1. The van der Waals surface area contributed by atoms with Crippen LogP contribution in [0.3, 0.4) is 0 Å². The van der Waals surface area contributed by atoms with Crippen molar-refractivity contribution in [3.63, 3.8) is 0 Å². The summed E-state index contributed by atoms with van der Waals surface area (Å²) in [4.78, 5) is 4.79. The highest BCUT2D eigenvalue weighted by Gasteiger charge is 2.25. The number of para-hydroxylation sites is 1. The second-order valence-corrected chi connectivity index (χ2v) is 7.06. The number of rotatable bonds is 3. The van der Waals surface area contributed by atoms with Crippen molar-refractivity contribution in [1.29, 1.82) is 0 Å². The summed E-state index contributed by atoms with van der Waals surface area (Å²) >= 11 is 6.01. The Morgan fingerprint density at radius 1 is 1.08 bits per heavy atom. The Morgan fingerprint density at radius 2 is 1.85 bits per heavy atom. The predicted octanol–water partition coefficient (Wildman–Crippen LogP) is 5.15. The van der Waals surface area contributed by atoms with Gasteiger partial charge in [-0.1, -0.05) is 48.4 Å². The molecule has 2 heterocycles. The monoisotopic (exact) mass is 388 g/mol. The Morgan fingerprint density at radius 3 is 2.58 bits per heavy atom. The molecule has 26 heavy (non-hydrogen) atoms. The van der Waals surface area contributed by atoms with Gasteiger partial charge in [0.15, 0.2) is 0 Å². The highest BCUT2D eigenvalue weighted by molar-refractivity contribution is 6.30. The van der Waals surface area contributed by atoms with Crippen molar-refractivity contribution in [3.8, 4) is 11.3 Å². The van der Waals surface area contributed by atoms with Gasteiger partial charge in [-0.3, -0.25) is 0 Å². The minimum atomic E-state index is -0.542. The van der Waals surface area contributed by atoms with Crippen molar-refractivity contribution in [2.45, 2.75) is 31.4 Å². The molecule has 136 valence electrons. The third-order valence-corrected chi connectivity index (χ3v) is 5.19. The van der Waals surface area contributed by atoms with E-state index < -0.39 is 6.10 Å². The quantitative estimate of drug-likeness (QED) is 0.651. The molecule has 2 atom stereocenters. The molecule has 1 saturated heterocycles. The van der Waals surface area contributed by atoms with Crippen LogP contribution in [0.1, 0.15) is 30.9 Å². The molecule has 1 fully saturated rings. The molecule has 1 aliphatic heterocycles. The summed E-state index contributed by atoms with van der Waals surface area (Å²) in [6.45, 7) is 0.967. The summed E-state index contributed by atoms with van der Waals surface area (Å²) in [5.41, 5.74) is 3.70. The van der Waals surface area contributed by atoms with Crippen molar-refractivity contribution in [3.05, 3.63) is 65.2 Å². The van der Waals surface area contributed by atoms with E-state index in [0.29, 0.717) is 5.02 Å². The van der Waals surface area contributed by atoms with Gasteiger partial charge in [-0.05, 0) is 49.2 Å². The van der Waals surface area contributed by atoms with E-state index in [9.17, 15) is 5.11 Å². The molecule has 0 spiro atoms. The smallest absolute Gasteiger partial charge is 0.0950 e. The number of hydrogen-bond donors (Lipinski definition) is 2. The average molecular weight is 389 g/mol. The van der Waals surface area contributed by atoms with Crippen LogP contribution in [0.5, 0.6) is 0 Å². The second kappa shape index (κ2) is 8.36. The van der Waals surface area contributed by atoms with Crippen LogP contribution in [0, 0.1) is 0 Å². The first-order valence-electron chi connectivity index (χ1n) is 8.79. The van der Waals surface area contributed by atoms with Gasteiger partial charge in [0.2, 0.25) is 0 Å². The van der Waals surface area contributed by atoms with Gasteiger partial charge in [-0.15, -0.1) is 12.4 Å². The fourth-order valence-electron chi connectivity index (χ4n) is 3.58. The van der Waals surface area contributed by atoms with Crippen LogP contribution in [0.2, 0.25) is 5.02 Å². The molecule has 1 aromatic heterocycles. The van der Waals surface area contributed by atoms with E-state index in [1.54, 1.807) is 0 Å². The number of halogens is 2. The van der Waals surface area contributed by atoms with E-state index in [0.717, 1.165) is 47.1 Å². The molecule has 0 amide bonds. The molecule has 0 unspecified atom stereocenters. The summed E-state index contributed by atoms with van der Waals surface area (Å²) in [7, 11) is 0. The maximum absolute atomic E-state index is 11.0. The van der Waals surface area contributed by atoms with Crippen molar-refractivity contribution in [1.82, 2.24) is 10.3 Å². The lowest BCUT2D eigenvalue weighted by Gasteiger charge is -2.29. The first-order chi connectivity index (χ1) is 12.2. The first kappa shape index (κ1) is 19.1. The number of aromatic nitrogens is 1. The molecule has 0 aliphatic carbocycles. The average Bonchev–Trinajstić information content (AvgIpc) is 2.68. The van der Waals surface area contributed by atoms with E-state index in [2.05, 4.69) is 5.32 Å². The van der Waals surface area contributed by atoms with Gasteiger partial charge >= 0.3 is 0 Å². The fourth-order valence-corrected chi connectivity index (χ4v) is 3.71. The summed E-state index contributed by atoms with van der Waals surface area (Å²) in [5, 5.41) is 16.2. The number of aliphatic hydroxyl groups excluding tert-OH is 1. The number of nitrogens with one attached hydrogen (secondary N) is 1. The third kappa shape index (κ3) is 3.86. The maximum atomic E-state index is 11.0. The summed E-state index contributed by atoms with van der Waals surface area (Å²) in [5.74, 6) is 0. The molecule has 1 aliphatic rings. The summed E-state index contributed by atoms with van der Waals surface area (Å²) in [6.07, 6.45) is 2.78. The Hall–Kier alpha value is -1.65. The molecule has 2 aromatic carbocycles. The predicted molar refractivity (Wildman–Crippen MR) is 110 cm³/mol. The van der Waals surface area contributed by atoms with Crippen molar-refractivity contribution >= 4 is 34.9 Å². The van der Waals surface area contributed by atoms with Crippen molar-refractivity contribution in [2.75, 3.05) is 6.54 Å². The molecule has 0 radical (unpaired) electrons. The van der Waals surface area contributed by atoms with Gasteiger partial charge in [0.1, 0.15) is 0 Å². The van der Waals surface area contributed by atoms with Gasteiger partial charge in [-0.25, -0.2) is 4.98 Å². The van der Waals surface area contributed by atoms with E-state index in [-0.39, 0.29) is 18.4 Å². The van der Waals surface area contributed by atoms with Gasteiger partial charge < -0.3 is 10.4 Å². The molecular weight excluding hydrogens is 367 g/mol. The third-order valence-electron chi connectivity index (χ3n) is 4.94. The number of benzene rings is 2. The van der Waals surface area contributed by atoms with Crippen molar-refractivity contribution in [2.24, 2.45) is 0 Å². The normalized spacial score (nSPS) is 18.3. The zero-order valence-corrected chi connectivity index (χ0v) is 15.9. The largest absolute Gasteiger partial charge is 0.387 e. The Balaban J connectivity index is 0.00000196. The zero-order valence-electron chi connectivity index (χ0n) is 14.4. The summed E-state index contributed by atoms with van der Waals surface area (Å²) in [6, 6.07) is 17.8. The van der Waals surface area contributed by atoms with Gasteiger partial charge in [-0.2, -0.15) is 0 Å². The van der Waals surface area contributed by atoms with Crippen LogP contribution in [0.4, 0.5) is 0 Å². The molecule has 0 bridgehead atoms. The highest BCUT2D eigenvalue weighted by atomic mass is 35.5. The lowest BCUT2D eigenvalue weighted by Crippen LogP contribution is -2.38. The standard InChI is InChI=1S/C21H21ClN2O.ClH/c22-15-10-8-14(9-11-15)20-13-17(16-5-1-2-6-18(16)24-20)21(25)19-7-3-4-12-23-19;/h1-2,5-6,8-11,13,19,21,23,25H,3-4,7,12H2;1H/t19-,21-;/m0./s1. The SMILES string of the molecule is Cl.O[C@@H](c1cc(-c2ccc(Cl)cc2)nc2ccccc12)[C@@H]1CCCCN1. The number of nitrogens with zero attached hydrogens (tertiary/aromatic N) is 1. The first-order valence-corrected chi connectivity index (χ1v) is 9.17. The van der Waals surface area contributed by atoms with E-state index in [1.807, 2.05) is 54.6 Å². The van der Waals surface area contributed by atoms with Crippen LogP contribution in [-0.4, -0.2) is 22.7 Å². The fraction of sp³-hybridized carbons (Fsp3) is 0.286. The Labute approximate surface area is 164 Å². The molecule has 5 heteroatoms. The molecule has 0 saturated carbocycles. The number of hydrogen-bond acceptors (Lipinski definition) is 3.